The van der Waals surface area contributed by atoms with Gasteiger partial charge in [-0.05, 0) is 52.6 Å². The lowest BCUT2D eigenvalue weighted by molar-refractivity contribution is 0.102. The largest absolute Gasteiger partial charge is 0.368 e. The van der Waals surface area contributed by atoms with Crippen LogP contribution in [-0.4, -0.2) is 37.0 Å². The molecule has 0 radical (unpaired) electrons. The van der Waals surface area contributed by atoms with Crippen molar-refractivity contribution in [1.82, 2.24) is 4.90 Å². The molecule has 45 heavy (non-hydrogen) atoms. The van der Waals surface area contributed by atoms with Gasteiger partial charge in [0.15, 0.2) is 0 Å². The molecule has 0 aliphatic carbocycles. The third-order valence-electron chi connectivity index (χ3n) is 8.77. The Morgan fingerprint density at radius 2 is 1.44 bits per heavy atom. The lowest BCUT2D eigenvalue weighted by Gasteiger charge is -2.41. The van der Waals surface area contributed by atoms with Crippen LogP contribution in [0, 0.1) is 11.3 Å². The van der Waals surface area contributed by atoms with E-state index < -0.39 is 0 Å². The quantitative estimate of drug-likeness (QED) is 0.220. The van der Waals surface area contributed by atoms with E-state index in [1.165, 1.54) is 11.1 Å². The fourth-order valence-electron chi connectivity index (χ4n) is 6.60. The normalized spacial score (nSPS) is 16.0. The van der Waals surface area contributed by atoms with Gasteiger partial charge < -0.3 is 15.5 Å². The molecule has 0 spiro atoms. The zero-order chi connectivity index (χ0) is 30.8. The number of carbonyl (C=O) groups excluding carboxylic acids is 1. The molecule has 2 aliphatic heterocycles. The zero-order valence-electron chi connectivity index (χ0n) is 24.9. The molecule has 2 N–H and O–H groups in total. The molecule has 5 aromatic rings. The number of piperazine rings is 1. The number of hydrogen-bond acceptors (Lipinski definition) is 5. The topological polar surface area (TPSA) is 71.4 Å². The SMILES string of the molecule is C=C1Nc2ccccc2C(N2CCN(c3ccc(NC(=O)c4ccccc4-c4ccccc4)cc3C#N)CC2)c2ccccc21. The van der Waals surface area contributed by atoms with Crippen molar-refractivity contribution in [2.75, 3.05) is 41.7 Å². The van der Waals surface area contributed by atoms with E-state index in [1.807, 2.05) is 66.7 Å². The van der Waals surface area contributed by atoms with Gasteiger partial charge in [0.1, 0.15) is 6.07 Å². The number of nitriles is 1. The van der Waals surface area contributed by atoms with Gasteiger partial charge in [0.05, 0.1) is 17.3 Å². The number of amides is 1. The minimum Gasteiger partial charge on any atom is -0.368 e. The molecule has 6 nitrogen and oxygen atoms in total. The summed E-state index contributed by atoms with van der Waals surface area (Å²) in [6, 6.07) is 42.5. The average molecular weight is 588 g/mol. The molecule has 1 fully saturated rings. The summed E-state index contributed by atoms with van der Waals surface area (Å²) in [7, 11) is 0. The van der Waals surface area contributed by atoms with Crippen molar-refractivity contribution >= 4 is 28.7 Å². The first kappa shape index (κ1) is 28.1. The Balaban J connectivity index is 1.10. The maximum absolute atomic E-state index is 13.4. The molecule has 6 heteroatoms. The molecule has 2 heterocycles. The van der Waals surface area contributed by atoms with E-state index in [0.29, 0.717) is 16.8 Å². The maximum Gasteiger partial charge on any atom is 0.256 e. The monoisotopic (exact) mass is 587 g/mol. The molecule has 220 valence electrons. The highest BCUT2D eigenvalue weighted by atomic mass is 16.1. The van der Waals surface area contributed by atoms with Gasteiger partial charge in [0.25, 0.3) is 5.91 Å². The second kappa shape index (κ2) is 12.2. The minimum absolute atomic E-state index is 0.0955. The summed E-state index contributed by atoms with van der Waals surface area (Å²) in [5.41, 5.74) is 10.1. The van der Waals surface area contributed by atoms with Crippen LogP contribution >= 0.6 is 0 Å². The molecule has 1 atom stereocenters. The number of nitrogens with zero attached hydrogens (tertiary/aromatic N) is 3. The predicted molar refractivity (Wildman–Crippen MR) is 182 cm³/mol. The van der Waals surface area contributed by atoms with Gasteiger partial charge in [-0.1, -0.05) is 97.6 Å². The Hall–Kier alpha value is -5.64. The Morgan fingerprint density at radius 1 is 0.778 bits per heavy atom. The Morgan fingerprint density at radius 3 is 2.22 bits per heavy atom. The van der Waals surface area contributed by atoms with Crippen LogP contribution in [0.3, 0.4) is 0 Å². The summed E-state index contributed by atoms with van der Waals surface area (Å²) in [5, 5.41) is 16.7. The third-order valence-corrected chi connectivity index (χ3v) is 8.77. The highest BCUT2D eigenvalue weighted by Crippen LogP contribution is 2.41. The van der Waals surface area contributed by atoms with E-state index in [0.717, 1.165) is 59.9 Å². The molecule has 0 aromatic heterocycles. The summed E-state index contributed by atoms with van der Waals surface area (Å²) in [6.45, 7) is 7.55. The Bertz CT molecular complexity index is 1940. The van der Waals surface area contributed by atoms with Gasteiger partial charge in [-0.2, -0.15) is 5.26 Å². The van der Waals surface area contributed by atoms with Crippen molar-refractivity contribution in [1.29, 1.82) is 5.26 Å². The van der Waals surface area contributed by atoms with Crippen molar-refractivity contribution in [2.45, 2.75) is 6.04 Å². The van der Waals surface area contributed by atoms with Crippen LogP contribution in [-0.2, 0) is 0 Å². The molecule has 0 bridgehead atoms. The number of para-hydroxylation sites is 1. The first-order valence-electron chi connectivity index (χ1n) is 15.2. The summed E-state index contributed by atoms with van der Waals surface area (Å²) in [6.07, 6.45) is 0. The summed E-state index contributed by atoms with van der Waals surface area (Å²) in [5.74, 6) is -0.208. The predicted octanol–water partition coefficient (Wildman–Crippen LogP) is 7.79. The van der Waals surface area contributed by atoms with Crippen molar-refractivity contribution in [2.24, 2.45) is 0 Å². The molecule has 2 aliphatic rings. The molecular weight excluding hydrogens is 554 g/mol. The highest BCUT2D eigenvalue weighted by molar-refractivity contribution is 6.08. The number of benzene rings is 5. The van der Waals surface area contributed by atoms with Crippen LogP contribution in [0.15, 0.2) is 128 Å². The van der Waals surface area contributed by atoms with Crippen molar-refractivity contribution < 1.29 is 4.79 Å². The molecule has 1 unspecified atom stereocenters. The summed E-state index contributed by atoms with van der Waals surface area (Å²) >= 11 is 0. The van der Waals surface area contributed by atoms with E-state index in [1.54, 1.807) is 6.07 Å². The Labute approximate surface area is 263 Å². The van der Waals surface area contributed by atoms with E-state index in [4.69, 9.17) is 0 Å². The van der Waals surface area contributed by atoms with E-state index in [9.17, 15) is 10.1 Å². The van der Waals surface area contributed by atoms with Crippen LogP contribution < -0.4 is 15.5 Å². The number of nitrogens with one attached hydrogen (secondary N) is 2. The van der Waals surface area contributed by atoms with E-state index in [2.05, 4.69) is 81.6 Å². The van der Waals surface area contributed by atoms with Crippen molar-refractivity contribution in [3.8, 4) is 17.2 Å². The fourth-order valence-corrected chi connectivity index (χ4v) is 6.60. The standard InChI is InChI=1S/C39H33N5O/c1-27-31-13-5-7-15-33(31)38(35-17-9-10-18-36(35)41-27)44-23-21-43(22-24-44)37-20-19-30(25-29(37)26-40)42-39(45)34-16-8-6-14-32(34)28-11-3-2-4-12-28/h2-20,25,38,41H,1,21-24H2,(H,42,45). The van der Waals surface area contributed by atoms with Gasteiger partial charge in [-0.15, -0.1) is 0 Å². The lowest BCUT2D eigenvalue weighted by atomic mass is 9.92. The van der Waals surface area contributed by atoms with Crippen LogP contribution in [0.25, 0.3) is 16.8 Å². The number of hydrogen-bond donors (Lipinski definition) is 2. The van der Waals surface area contributed by atoms with E-state index >= 15 is 0 Å². The summed E-state index contributed by atoms with van der Waals surface area (Å²) < 4.78 is 0. The molecule has 5 aromatic carbocycles. The maximum atomic E-state index is 13.4. The Kier molecular flexibility index (Phi) is 7.61. The van der Waals surface area contributed by atoms with Crippen LogP contribution in [0.5, 0.6) is 0 Å². The number of carbonyl (C=O) groups is 1. The first-order valence-corrected chi connectivity index (χ1v) is 15.2. The number of rotatable bonds is 5. The highest BCUT2D eigenvalue weighted by Gasteiger charge is 2.32. The zero-order valence-corrected chi connectivity index (χ0v) is 24.9. The van der Waals surface area contributed by atoms with Gasteiger partial charge in [-0.25, -0.2) is 0 Å². The smallest absolute Gasteiger partial charge is 0.256 e. The fraction of sp³-hybridized carbons (Fsp3) is 0.128. The molecule has 0 saturated carbocycles. The number of fused-ring (bicyclic) bond motifs is 2. The minimum atomic E-state index is -0.208. The van der Waals surface area contributed by atoms with Gasteiger partial charge in [0, 0.05) is 54.4 Å². The van der Waals surface area contributed by atoms with Crippen LogP contribution in [0.4, 0.5) is 17.1 Å². The molecule has 7 rings (SSSR count). The van der Waals surface area contributed by atoms with Gasteiger partial charge >= 0.3 is 0 Å². The van der Waals surface area contributed by atoms with Crippen LogP contribution in [0.2, 0.25) is 0 Å². The molecule has 1 saturated heterocycles. The van der Waals surface area contributed by atoms with Gasteiger partial charge in [0.2, 0.25) is 0 Å². The van der Waals surface area contributed by atoms with Crippen LogP contribution in [0.1, 0.15) is 38.7 Å². The van der Waals surface area contributed by atoms with E-state index in [-0.39, 0.29) is 11.9 Å². The number of anilines is 3. The third kappa shape index (κ3) is 5.46. The molecular formula is C39H33N5O. The van der Waals surface area contributed by atoms with Gasteiger partial charge in [-0.3, -0.25) is 9.69 Å². The second-order valence-electron chi connectivity index (χ2n) is 11.4. The average Bonchev–Trinajstić information content (AvgIpc) is 3.22. The van der Waals surface area contributed by atoms with Crippen molar-refractivity contribution in [3.63, 3.8) is 0 Å². The van der Waals surface area contributed by atoms with Crippen molar-refractivity contribution in [3.05, 3.63) is 156 Å². The second-order valence-corrected chi connectivity index (χ2v) is 11.4. The lowest BCUT2D eigenvalue weighted by Crippen LogP contribution is -2.48. The first-order chi connectivity index (χ1) is 22.1. The molecule has 1 amide bonds. The summed E-state index contributed by atoms with van der Waals surface area (Å²) in [4.78, 5) is 18.2.